The quantitative estimate of drug-likeness (QED) is 0.592. The second-order valence-electron chi connectivity index (χ2n) is 5.88. The largest absolute Gasteiger partial charge is 0.321 e. The molecule has 0 spiro atoms. The molecule has 3 aromatic rings. The van der Waals surface area contributed by atoms with Crippen LogP contribution < -0.4 is 10.0 Å². The molecule has 5 nitrogen and oxygen atoms in total. The number of carbonyl (C=O) groups is 1. The lowest BCUT2D eigenvalue weighted by molar-refractivity contribution is 0.102. The molecular formula is C20H17BrN2O3S. The molecule has 3 aromatic carbocycles. The van der Waals surface area contributed by atoms with E-state index in [1.807, 2.05) is 18.2 Å². The molecule has 0 radical (unpaired) electrons. The second kappa shape index (κ2) is 7.94. The Kier molecular flexibility index (Phi) is 5.62. The first-order chi connectivity index (χ1) is 12.9. The van der Waals surface area contributed by atoms with Crippen LogP contribution in [-0.4, -0.2) is 14.3 Å². The number of rotatable bonds is 5. The Morgan fingerprint density at radius 1 is 0.889 bits per heavy atom. The van der Waals surface area contributed by atoms with E-state index in [0.717, 1.165) is 4.47 Å². The van der Waals surface area contributed by atoms with Gasteiger partial charge in [-0.05, 0) is 70.9 Å². The number of amides is 1. The molecule has 0 heterocycles. The van der Waals surface area contributed by atoms with E-state index in [-0.39, 0.29) is 10.8 Å². The Bertz CT molecular complexity index is 1080. The fourth-order valence-corrected chi connectivity index (χ4v) is 4.02. The van der Waals surface area contributed by atoms with Crippen LogP contribution in [0.15, 0.2) is 82.2 Å². The first-order valence-corrected chi connectivity index (χ1v) is 10.4. The molecule has 1 amide bonds. The van der Waals surface area contributed by atoms with Crippen LogP contribution in [0.4, 0.5) is 11.4 Å². The monoisotopic (exact) mass is 444 g/mol. The van der Waals surface area contributed by atoms with Crippen molar-refractivity contribution in [2.45, 2.75) is 11.8 Å². The Morgan fingerprint density at radius 2 is 1.56 bits per heavy atom. The lowest BCUT2D eigenvalue weighted by Crippen LogP contribution is -2.15. The molecule has 27 heavy (non-hydrogen) atoms. The molecule has 0 atom stereocenters. The summed E-state index contributed by atoms with van der Waals surface area (Å²) in [6.45, 7) is 1.75. The molecule has 0 aliphatic carbocycles. The van der Waals surface area contributed by atoms with Crippen molar-refractivity contribution in [1.82, 2.24) is 0 Å². The third-order valence-corrected chi connectivity index (χ3v) is 5.98. The van der Waals surface area contributed by atoms with Gasteiger partial charge in [-0.25, -0.2) is 8.42 Å². The maximum Gasteiger partial charge on any atom is 0.261 e. The van der Waals surface area contributed by atoms with Crippen LogP contribution in [0, 0.1) is 6.92 Å². The third-order valence-electron chi connectivity index (χ3n) is 3.91. The summed E-state index contributed by atoms with van der Waals surface area (Å²) in [4.78, 5) is 12.6. The third kappa shape index (κ3) is 4.56. The zero-order chi connectivity index (χ0) is 19.4. The topological polar surface area (TPSA) is 75.3 Å². The number of carbonyl (C=O) groups excluding carboxylic acids is 1. The summed E-state index contributed by atoms with van der Waals surface area (Å²) in [6, 6.07) is 20.3. The van der Waals surface area contributed by atoms with E-state index < -0.39 is 10.0 Å². The van der Waals surface area contributed by atoms with Gasteiger partial charge in [-0.1, -0.05) is 30.3 Å². The molecule has 0 aliphatic rings. The van der Waals surface area contributed by atoms with Crippen LogP contribution in [0.2, 0.25) is 0 Å². The minimum atomic E-state index is -3.68. The van der Waals surface area contributed by atoms with Gasteiger partial charge in [0, 0.05) is 10.0 Å². The van der Waals surface area contributed by atoms with Gasteiger partial charge < -0.3 is 5.32 Å². The number of benzene rings is 3. The molecule has 3 rings (SSSR count). The summed E-state index contributed by atoms with van der Waals surface area (Å²) in [5.74, 6) is -0.275. The van der Waals surface area contributed by atoms with Crippen molar-refractivity contribution in [3.63, 3.8) is 0 Å². The highest BCUT2D eigenvalue weighted by atomic mass is 79.9. The fraction of sp³-hybridized carbons (Fsp3) is 0.0500. The molecule has 138 valence electrons. The number of sulfonamides is 1. The highest BCUT2D eigenvalue weighted by Crippen LogP contribution is 2.24. The van der Waals surface area contributed by atoms with Gasteiger partial charge in [0.1, 0.15) is 0 Å². The SMILES string of the molecule is Cc1cc(C(=O)Nc2ccccc2Br)ccc1NS(=O)(=O)c1ccccc1. The Morgan fingerprint density at radius 3 is 2.22 bits per heavy atom. The number of anilines is 2. The minimum absolute atomic E-state index is 0.181. The fourth-order valence-electron chi connectivity index (χ4n) is 2.48. The van der Waals surface area contributed by atoms with Crippen molar-refractivity contribution < 1.29 is 13.2 Å². The molecule has 0 fully saturated rings. The Hall–Kier alpha value is -2.64. The number of hydrogen-bond acceptors (Lipinski definition) is 3. The van der Waals surface area contributed by atoms with E-state index in [1.54, 1.807) is 49.4 Å². The second-order valence-corrected chi connectivity index (χ2v) is 8.42. The number of halogens is 1. The number of para-hydroxylation sites is 1. The molecule has 0 unspecified atom stereocenters. The highest BCUT2D eigenvalue weighted by Gasteiger charge is 2.16. The van der Waals surface area contributed by atoms with Gasteiger partial charge in [0.2, 0.25) is 0 Å². The predicted molar refractivity (Wildman–Crippen MR) is 111 cm³/mol. The van der Waals surface area contributed by atoms with Crippen molar-refractivity contribution in [1.29, 1.82) is 0 Å². The molecule has 0 saturated carbocycles. The van der Waals surface area contributed by atoms with Gasteiger partial charge in [-0.3, -0.25) is 9.52 Å². The number of nitrogens with one attached hydrogen (secondary N) is 2. The maximum atomic E-state index is 12.5. The molecule has 0 aliphatic heterocycles. The van der Waals surface area contributed by atoms with Crippen LogP contribution in [0.3, 0.4) is 0 Å². The van der Waals surface area contributed by atoms with Crippen LogP contribution in [0.25, 0.3) is 0 Å². The predicted octanol–water partition coefficient (Wildman–Crippen LogP) is 4.81. The summed E-state index contributed by atoms with van der Waals surface area (Å²) in [6.07, 6.45) is 0. The van der Waals surface area contributed by atoms with E-state index >= 15 is 0 Å². The van der Waals surface area contributed by atoms with E-state index in [1.165, 1.54) is 12.1 Å². The summed E-state index contributed by atoms with van der Waals surface area (Å²) in [5.41, 5.74) is 2.17. The Labute approximate surface area is 166 Å². The zero-order valence-corrected chi connectivity index (χ0v) is 16.8. The molecule has 0 aromatic heterocycles. The standard InChI is InChI=1S/C20H17BrN2O3S/c1-14-13-15(20(24)22-19-10-6-5-9-17(19)21)11-12-18(14)23-27(25,26)16-7-3-2-4-8-16/h2-13,23H,1H3,(H,22,24). The summed E-state index contributed by atoms with van der Waals surface area (Å²) < 4.78 is 28.3. The normalized spacial score (nSPS) is 11.0. The van der Waals surface area contributed by atoms with Gasteiger partial charge in [-0.15, -0.1) is 0 Å². The van der Waals surface area contributed by atoms with Gasteiger partial charge >= 0.3 is 0 Å². The lowest BCUT2D eigenvalue weighted by Gasteiger charge is -2.12. The zero-order valence-electron chi connectivity index (χ0n) is 14.4. The molecule has 7 heteroatoms. The van der Waals surface area contributed by atoms with E-state index in [2.05, 4.69) is 26.0 Å². The van der Waals surface area contributed by atoms with Crippen LogP contribution in [0.1, 0.15) is 15.9 Å². The van der Waals surface area contributed by atoms with Crippen LogP contribution in [-0.2, 0) is 10.0 Å². The number of hydrogen-bond donors (Lipinski definition) is 2. The lowest BCUT2D eigenvalue weighted by atomic mass is 10.1. The van der Waals surface area contributed by atoms with Crippen LogP contribution >= 0.6 is 15.9 Å². The van der Waals surface area contributed by atoms with Crippen molar-refractivity contribution in [2.75, 3.05) is 10.0 Å². The van der Waals surface area contributed by atoms with Crippen molar-refractivity contribution in [3.05, 3.63) is 88.4 Å². The smallest absolute Gasteiger partial charge is 0.261 e. The summed E-state index contributed by atoms with van der Waals surface area (Å²) in [7, 11) is -3.68. The van der Waals surface area contributed by atoms with Crippen LogP contribution in [0.5, 0.6) is 0 Å². The first kappa shape index (κ1) is 19.1. The van der Waals surface area contributed by atoms with Gasteiger partial charge in [0.05, 0.1) is 16.3 Å². The molecule has 0 saturated heterocycles. The van der Waals surface area contributed by atoms with Crippen molar-refractivity contribution >= 4 is 43.2 Å². The molecule has 0 bridgehead atoms. The van der Waals surface area contributed by atoms with Gasteiger partial charge in [0.15, 0.2) is 0 Å². The highest BCUT2D eigenvalue weighted by molar-refractivity contribution is 9.10. The van der Waals surface area contributed by atoms with E-state index in [0.29, 0.717) is 22.5 Å². The summed E-state index contributed by atoms with van der Waals surface area (Å²) in [5, 5.41) is 2.82. The first-order valence-electron chi connectivity index (χ1n) is 8.11. The van der Waals surface area contributed by atoms with Gasteiger partial charge in [-0.2, -0.15) is 0 Å². The van der Waals surface area contributed by atoms with E-state index in [9.17, 15) is 13.2 Å². The number of aryl methyl sites for hydroxylation is 1. The average molecular weight is 445 g/mol. The average Bonchev–Trinajstić information content (AvgIpc) is 2.66. The Balaban J connectivity index is 1.80. The minimum Gasteiger partial charge on any atom is -0.321 e. The summed E-state index contributed by atoms with van der Waals surface area (Å²) >= 11 is 3.39. The van der Waals surface area contributed by atoms with Gasteiger partial charge in [0.25, 0.3) is 15.9 Å². The maximum absolute atomic E-state index is 12.5. The molecular weight excluding hydrogens is 428 g/mol. The van der Waals surface area contributed by atoms with E-state index in [4.69, 9.17) is 0 Å². The van der Waals surface area contributed by atoms with Crippen molar-refractivity contribution in [2.24, 2.45) is 0 Å². The van der Waals surface area contributed by atoms with Crippen molar-refractivity contribution in [3.8, 4) is 0 Å². The molecule has 2 N–H and O–H groups in total.